The molecule has 11 heteroatoms. The molecule has 1 aliphatic heterocycles. The number of allylic oxidation sites excluding steroid dienone is 3. The zero-order valence-corrected chi connectivity index (χ0v) is 18.9. The Bertz CT molecular complexity index is 886. The molecular weight excluding hydrogens is 487 g/mol. The van der Waals surface area contributed by atoms with E-state index in [1.54, 1.807) is 0 Å². The molecule has 0 bridgehead atoms. The second-order valence-corrected chi connectivity index (χ2v) is 11.8. The lowest BCUT2D eigenvalue weighted by atomic mass is 10.4. The fourth-order valence-electron chi connectivity index (χ4n) is 1.94. The largest absolute Gasteiger partial charge is 0.489 e. The number of nitrogens with zero attached hydrogens (tertiary/aromatic N) is 2. The van der Waals surface area contributed by atoms with Gasteiger partial charge in [-0.3, -0.25) is 0 Å². The fraction of sp³-hybridized carbons (Fsp3) is 0.333. The molecule has 6 nitrogen and oxygen atoms in total. The maximum absolute atomic E-state index is 13.2. The van der Waals surface area contributed by atoms with Gasteiger partial charge in [-0.2, -0.15) is 8.42 Å². The van der Waals surface area contributed by atoms with E-state index in [4.69, 9.17) is 32.7 Å². The Morgan fingerprint density at radius 2 is 2.08 bits per heavy atom. The molecule has 1 atom stereocenters. The molecule has 0 radical (unpaired) electrons. The van der Waals surface area contributed by atoms with Gasteiger partial charge >= 0.3 is 0 Å². The topological polar surface area (TPSA) is 68.7 Å². The Hall–Kier alpha value is -0.580. The Morgan fingerprint density at radius 3 is 2.69 bits per heavy atom. The third-order valence-corrected chi connectivity index (χ3v) is 8.92. The summed E-state index contributed by atoms with van der Waals surface area (Å²) in [6.07, 6.45) is 2.80. The van der Waals surface area contributed by atoms with Crippen LogP contribution in [0.5, 0.6) is 0 Å². The monoisotopic (exact) mass is 502 g/mol. The van der Waals surface area contributed by atoms with E-state index in [1.807, 2.05) is 13.8 Å². The van der Waals surface area contributed by atoms with Crippen LogP contribution in [-0.2, 0) is 18.5 Å². The number of halogens is 3. The number of aromatic nitrogens is 1. The standard InChI is InChI=1S/C15H17BrCl2N2O4S2/c1-10(2)24-14-8-25(5-4-12(14)18)26(21,22)20(9-23-3)13-6-11(17)7-19-15(13)16/h4-8,10H,9H2,1-3H3. The summed E-state index contributed by atoms with van der Waals surface area (Å²) in [6, 6.07) is 1.50. The van der Waals surface area contributed by atoms with Gasteiger partial charge in [-0.15, -0.1) is 0 Å². The molecule has 2 rings (SSSR count). The zero-order chi connectivity index (χ0) is 19.5. The fourth-order valence-corrected chi connectivity index (χ4v) is 6.98. The number of methoxy groups -OCH3 is 1. The van der Waals surface area contributed by atoms with Crippen molar-refractivity contribution < 1.29 is 17.9 Å². The van der Waals surface area contributed by atoms with Crippen LogP contribution >= 0.6 is 48.6 Å². The number of hydrogen-bond donors (Lipinski definition) is 0. The normalized spacial score (nSPS) is 17.4. The summed E-state index contributed by atoms with van der Waals surface area (Å²) in [6.45, 7) is 3.47. The first-order valence-corrected chi connectivity index (χ1v) is 12.2. The van der Waals surface area contributed by atoms with Crippen LogP contribution in [0.15, 0.2) is 39.1 Å². The Labute approximate surface area is 173 Å². The van der Waals surface area contributed by atoms with E-state index in [1.165, 1.54) is 36.2 Å². The molecule has 1 aromatic rings. The van der Waals surface area contributed by atoms with Crippen molar-refractivity contribution in [2.75, 3.05) is 18.1 Å². The summed E-state index contributed by atoms with van der Waals surface area (Å²) in [7, 11) is -3.79. The highest BCUT2D eigenvalue weighted by Gasteiger charge is 2.29. The average molecular weight is 504 g/mol. The van der Waals surface area contributed by atoms with Crippen LogP contribution in [0.1, 0.15) is 13.8 Å². The molecule has 0 amide bonds. The van der Waals surface area contributed by atoms with Gasteiger partial charge in [0.1, 0.15) is 17.1 Å². The smallest absolute Gasteiger partial charge is 0.289 e. The molecule has 2 heterocycles. The molecular formula is C15H17BrCl2N2O4S2. The van der Waals surface area contributed by atoms with Gasteiger partial charge in [0, 0.05) is 18.7 Å². The van der Waals surface area contributed by atoms with Gasteiger partial charge in [-0.25, -0.2) is 9.29 Å². The maximum atomic E-state index is 13.2. The molecule has 1 unspecified atom stereocenters. The SMILES string of the molecule is COCN(c1cc(Cl)cnc1Br)S(=O)(=O)S1=CC(OC(C)C)=C(Cl)C=C1. The van der Waals surface area contributed by atoms with Crippen molar-refractivity contribution in [3.05, 3.63) is 44.2 Å². The van der Waals surface area contributed by atoms with E-state index in [2.05, 4.69) is 20.9 Å². The van der Waals surface area contributed by atoms with Crippen LogP contribution < -0.4 is 4.31 Å². The molecule has 0 aliphatic carbocycles. The van der Waals surface area contributed by atoms with Crippen LogP contribution in [0, 0.1) is 0 Å². The van der Waals surface area contributed by atoms with E-state index in [9.17, 15) is 8.42 Å². The number of hydrogen-bond acceptors (Lipinski definition) is 5. The Morgan fingerprint density at radius 1 is 1.38 bits per heavy atom. The van der Waals surface area contributed by atoms with Crippen LogP contribution in [0.3, 0.4) is 0 Å². The summed E-state index contributed by atoms with van der Waals surface area (Å²) in [5.41, 5.74) is 0.278. The van der Waals surface area contributed by atoms with Crippen LogP contribution in [-0.4, -0.2) is 38.7 Å². The molecule has 26 heavy (non-hydrogen) atoms. The minimum Gasteiger partial charge on any atom is -0.489 e. The minimum absolute atomic E-state index is 0.143. The number of ether oxygens (including phenoxy) is 2. The lowest BCUT2D eigenvalue weighted by Gasteiger charge is -2.26. The van der Waals surface area contributed by atoms with Gasteiger partial charge in [0.25, 0.3) is 9.06 Å². The van der Waals surface area contributed by atoms with Crippen molar-refractivity contribution in [3.63, 3.8) is 0 Å². The summed E-state index contributed by atoms with van der Waals surface area (Å²) < 4.78 is 38.6. The molecule has 0 fully saturated rings. The van der Waals surface area contributed by atoms with Gasteiger partial charge in [0.2, 0.25) is 0 Å². The molecule has 0 N–H and O–H groups in total. The predicted molar refractivity (Wildman–Crippen MR) is 112 cm³/mol. The maximum Gasteiger partial charge on any atom is 0.289 e. The van der Waals surface area contributed by atoms with E-state index < -0.39 is 18.6 Å². The molecule has 0 saturated heterocycles. The lowest BCUT2D eigenvalue weighted by Crippen LogP contribution is -2.32. The first-order chi connectivity index (χ1) is 12.2. The first kappa shape index (κ1) is 21.7. The first-order valence-electron chi connectivity index (χ1n) is 7.31. The molecule has 0 saturated carbocycles. The highest BCUT2D eigenvalue weighted by Crippen LogP contribution is 2.38. The summed E-state index contributed by atoms with van der Waals surface area (Å²) in [4.78, 5) is 4.05. The van der Waals surface area contributed by atoms with E-state index in [-0.39, 0.29) is 18.5 Å². The van der Waals surface area contributed by atoms with Crippen molar-refractivity contribution in [3.8, 4) is 0 Å². The van der Waals surface area contributed by atoms with Crippen LogP contribution in [0.4, 0.5) is 5.69 Å². The Balaban J connectivity index is 2.52. The average Bonchev–Trinajstić information content (AvgIpc) is 2.56. The summed E-state index contributed by atoms with van der Waals surface area (Å²) in [5, 5.41) is 3.66. The number of pyridine rings is 1. The summed E-state index contributed by atoms with van der Waals surface area (Å²) in [5.74, 6) is 0.330. The van der Waals surface area contributed by atoms with E-state index >= 15 is 0 Å². The zero-order valence-electron chi connectivity index (χ0n) is 14.1. The number of anilines is 1. The third kappa shape index (κ3) is 5.02. The second-order valence-electron chi connectivity index (χ2n) is 5.32. The second kappa shape index (κ2) is 9.07. The van der Waals surface area contributed by atoms with Crippen molar-refractivity contribution in [2.24, 2.45) is 0 Å². The Kier molecular flexibility index (Phi) is 7.58. The van der Waals surface area contributed by atoms with E-state index in [0.29, 0.717) is 20.4 Å². The molecule has 1 aliphatic rings. The number of rotatable bonds is 7. The van der Waals surface area contributed by atoms with Gasteiger partial charge in [0.15, 0.2) is 0 Å². The highest BCUT2D eigenvalue weighted by molar-refractivity contribution is 9.10. The van der Waals surface area contributed by atoms with Gasteiger partial charge < -0.3 is 9.47 Å². The summed E-state index contributed by atoms with van der Waals surface area (Å²) >= 11 is 15.4. The van der Waals surface area contributed by atoms with Gasteiger partial charge in [-0.1, -0.05) is 23.2 Å². The third-order valence-electron chi connectivity index (χ3n) is 2.99. The molecule has 1 aromatic heterocycles. The van der Waals surface area contributed by atoms with Crippen molar-refractivity contribution in [2.45, 2.75) is 20.0 Å². The van der Waals surface area contributed by atoms with Crippen molar-refractivity contribution in [1.29, 1.82) is 0 Å². The van der Waals surface area contributed by atoms with Crippen molar-refractivity contribution >= 4 is 68.8 Å². The predicted octanol–water partition coefficient (Wildman–Crippen LogP) is 4.63. The van der Waals surface area contributed by atoms with Gasteiger partial charge in [-0.05, 0) is 56.8 Å². The molecule has 0 spiro atoms. The van der Waals surface area contributed by atoms with Crippen molar-refractivity contribution in [1.82, 2.24) is 4.98 Å². The molecule has 0 aromatic carbocycles. The molecule has 144 valence electrons. The van der Waals surface area contributed by atoms with Gasteiger partial charge in [0.05, 0.1) is 21.8 Å². The van der Waals surface area contributed by atoms with Crippen LogP contribution in [0.2, 0.25) is 5.02 Å². The quantitative estimate of drug-likeness (QED) is 0.235. The van der Waals surface area contributed by atoms with E-state index in [0.717, 1.165) is 4.31 Å². The minimum atomic E-state index is -3.88. The van der Waals surface area contributed by atoms with Crippen LogP contribution in [0.25, 0.3) is 0 Å². The lowest BCUT2D eigenvalue weighted by molar-refractivity contribution is 0.165. The highest BCUT2D eigenvalue weighted by atomic mass is 79.9.